The highest BCUT2D eigenvalue weighted by molar-refractivity contribution is 6.31. The van der Waals surface area contributed by atoms with E-state index in [0.29, 0.717) is 22.7 Å². The molecule has 0 spiro atoms. The molecule has 0 aliphatic carbocycles. The molecule has 2 saturated heterocycles. The number of aromatic nitrogens is 1. The van der Waals surface area contributed by atoms with Crippen LogP contribution in [0.4, 0.5) is 0 Å². The van der Waals surface area contributed by atoms with Crippen molar-refractivity contribution in [2.75, 3.05) is 19.6 Å². The largest absolute Gasteiger partial charge is 0.350 e. The minimum Gasteiger partial charge on any atom is -0.350 e. The van der Waals surface area contributed by atoms with Crippen LogP contribution in [0.2, 0.25) is 5.02 Å². The summed E-state index contributed by atoms with van der Waals surface area (Å²) in [5, 5.41) is 4.94. The highest BCUT2D eigenvalue weighted by atomic mass is 35.5. The van der Waals surface area contributed by atoms with Crippen molar-refractivity contribution in [1.82, 2.24) is 14.8 Å². The summed E-state index contributed by atoms with van der Waals surface area (Å²) < 4.78 is 1.93. The average Bonchev–Trinajstić information content (AvgIpc) is 2.96. The molecule has 0 saturated carbocycles. The van der Waals surface area contributed by atoms with E-state index in [9.17, 15) is 4.79 Å². The fourth-order valence-corrected chi connectivity index (χ4v) is 4.82. The maximum absolute atomic E-state index is 12.7. The lowest BCUT2D eigenvalue weighted by Gasteiger charge is -2.44. The van der Waals surface area contributed by atoms with E-state index in [2.05, 4.69) is 10.2 Å². The van der Waals surface area contributed by atoms with Gasteiger partial charge in [0.15, 0.2) is 0 Å². The monoisotopic (exact) mass is 359 g/mol. The van der Waals surface area contributed by atoms with Crippen molar-refractivity contribution in [2.45, 2.75) is 38.1 Å². The van der Waals surface area contributed by atoms with Crippen LogP contribution < -0.4 is 5.32 Å². The lowest BCUT2D eigenvalue weighted by atomic mass is 9.83. The van der Waals surface area contributed by atoms with E-state index in [1.54, 1.807) is 0 Å². The Morgan fingerprint density at radius 2 is 2.04 bits per heavy atom. The van der Waals surface area contributed by atoms with Gasteiger partial charge in [-0.05, 0) is 62.9 Å². The first kappa shape index (κ1) is 16.9. The molecule has 2 aliphatic rings. The average molecular weight is 360 g/mol. The third kappa shape index (κ3) is 3.30. The van der Waals surface area contributed by atoms with Crippen molar-refractivity contribution >= 4 is 28.4 Å². The Bertz CT molecular complexity index is 783. The maximum Gasteiger partial charge on any atom is 0.267 e. The number of fused-ring (bicyclic) bond motifs is 2. The molecular weight excluding hydrogens is 334 g/mol. The van der Waals surface area contributed by atoms with Crippen molar-refractivity contribution < 1.29 is 4.79 Å². The molecule has 0 unspecified atom stereocenters. The SMILES string of the molecule is Cn1c(C(=O)NC[C@H]2CCCN3CCCC[C@@H]23)cc2ccc(Cl)cc21. The van der Waals surface area contributed by atoms with Crippen LogP contribution in [0.1, 0.15) is 42.6 Å². The van der Waals surface area contributed by atoms with Gasteiger partial charge in [0, 0.05) is 35.6 Å². The number of halogens is 1. The van der Waals surface area contributed by atoms with Crippen LogP contribution in [0, 0.1) is 5.92 Å². The van der Waals surface area contributed by atoms with Crippen molar-refractivity contribution in [3.63, 3.8) is 0 Å². The molecule has 0 radical (unpaired) electrons. The van der Waals surface area contributed by atoms with Crippen LogP contribution in [0.5, 0.6) is 0 Å². The molecule has 0 bridgehead atoms. The molecule has 1 aromatic carbocycles. The molecular formula is C20H26ClN3O. The molecule has 4 nitrogen and oxygen atoms in total. The summed E-state index contributed by atoms with van der Waals surface area (Å²) >= 11 is 6.09. The highest BCUT2D eigenvalue weighted by Gasteiger charge is 2.33. The zero-order valence-corrected chi connectivity index (χ0v) is 15.6. The number of piperidine rings is 2. The lowest BCUT2D eigenvalue weighted by molar-refractivity contribution is 0.0574. The smallest absolute Gasteiger partial charge is 0.267 e. The van der Waals surface area contributed by atoms with E-state index in [4.69, 9.17) is 11.6 Å². The summed E-state index contributed by atoms with van der Waals surface area (Å²) in [6, 6.07) is 8.36. The Morgan fingerprint density at radius 3 is 2.92 bits per heavy atom. The van der Waals surface area contributed by atoms with Gasteiger partial charge in [-0.2, -0.15) is 0 Å². The van der Waals surface area contributed by atoms with Gasteiger partial charge in [0.25, 0.3) is 5.91 Å². The number of benzene rings is 1. The second-order valence-corrected chi connectivity index (χ2v) is 7.94. The molecule has 4 rings (SSSR count). The first-order valence-electron chi connectivity index (χ1n) is 9.41. The normalized spacial score (nSPS) is 24.2. The zero-order chi connectivity index (χ0) is 17.4. The van der Waals surface area contributed by atoms with Gasteiger partial charge >= 0.3 is 0 Å². The lowest BCUT2D eigenvalue weighted by Crippen LogP contribution is -2.51. The van der Waals surface area contributed by atoms with Crippen molar-refractivity contribution in [3.8, 4) is 0 Å². The predicted octanol–water partition coefficient (Wildman–Crippen LogP) is 3.83. The first-order chi connectivity index (χ1) is 12.1. The minimum atomic E-state index is 0.0164. The summed E-state index contributed by atoms with van der Waals surface area (Å²) in [5.41, 5.74) is 1.70. The van der Waals surface area contributed by atoms with Gasteiger partial charge < -0.3 is 14.8 Å². The third-order valence-electron chi connectivity index (χ3n) is 5.99. The topological polar surface area (TPSA) is 37.3 Å². The molecule has 1 amide bonds. The fourth-order valence-electron chi connectivity index (χ4n) is 4.65. The van der Waals surface area contributed by atoms with Crippen LogP contribution in [0.3, 0.4) is 0 Å². The summed E-state index contributed by atoms with van der Waals surface area (Å²) in [7, 11) is 1.93. The Morgan fingerprint density at radius 1 is 1.20 bits per heavy atom. The van der Waals surface area contributed by atoms with Gasteiger partial charge in [-0.15, -0.1) is 0 Å². The van der Waals surface area contributed by atoms with E-state index in [1.165, 1.54) is 45.2 Å². The Hall–Kier alpha value is -1.52. The molecule has 3 heterocycles. The molecule has 1 N–H and O–H groups in total. The van der Waals surface area contributed by atoms with Gasteiger partial charge in [0.2, 0.25) is 0 Å². The number of carbonyl (C=O) groups is 1. The maximum atomic E-state index is 12.7. The van der Waals surface area contributed by atoms with Gasteiger partial charge in [-0.3, -0.25) is 4.79 Å². The van der Waals surface area contributed by atoms with Crippen LogP contribution in [-0.4, -0.2) is 41.1 Å². The van der Waals surface area contributed by atoms with Crippen molar-refractivity contribution in [2.24, 2.45) is 13.0 Å². The van der Waals surface area contributed by atoms with Gasteiger partial charge in [-0.1, -0.05) is 24.1 Å². The molecule has 2 atom stereocenters. The molecule has 25 heavy (non-hydrogen) atoms. The minimum absolute atomic E-state index is 0.0164. The number of nitrogens with one attached hydrogen (secondary N) is 1. The number of rotatable bonds is 3. The Kier molecular flexibility index (Phi) is 4.74. The second kappa shape index (κ2) is 7.00. The highest BCUT2D eigenvalue weighted by Crippen LogP contribution is 2.30. The third-order valence-corrected chi connectivity index (χ3v) is 6.23. The van der Waals surface area contributed by atoms with Crippen molar-refractivity contribution in [3.05, 3.63) is 35.0 Å². The number of carbonyl (C=O) groups excluding carboxylic acids is 1. The molecule has 2 aromatic rings. The van der Waals surface area contributed by atoms with E-state index in [-0.39, 0.29) is 5.91 Å². The van der Waals surface area contributed by atoms with E-state index >= 15 is 0 Å². The fraction of sp³-hybridized carbons (Fsp3) is 0.550. The molecule has 2 aliphatic heterocycles. The Labute approximate surface area is 154 Å². The summed E-state index contributed by atoms with van der Waals surface area (Å²) in [5.74, 6) is 0.602. The summed E-state index contributed by atoms with van der Waals surface area (Å²) in [4.78, 5) is 15.4. The van der Waals surface area contributed by atoms with Crippen LogP contribution in [-0.2, 0) is 7.05 Å². The number of nitrogens with zero attached hydrogens (tertiary/aromatic N) is 2. The summed E-state index contributed by atoms with van der Waals surface area (Å²) in [6.45, 7) is 3.25. The van der Waals surface area contributed by atoms with Gasteiger partial charge in [-0.25, -0.2) is 0 Å². The molecule has 2 fully saturated rings. The van der Waals surface area contributed by atoms with Crippen LogP contribution in [0.25, 0.3) is 10.9 Å². The molecule has 1 aromatic heterocycles. The summed E-state index contributed by atoms with van der Waals surface area (Å²) in [6.07, 6.45) is 6.42. The quantitative estimate of drug-likeness (QED) is 0.904. The number of aryl methyl sites for hydroxylation is 1. The number of amides is 1. The first-order valence-corrected chi connectivity index (χ1v) is 9.78. The van der Waals surface area contributed by atoms with Gasteiger partial charge in [0.1, 0.15) is 5.69 Å². The van der Waals surface area contributed by atoms with Crippen LogP contribution >= 0.6 is 11.6 Å². The molecule has 5 heteroatoms. The van der Waals surface area contributed by atoms with Crippen molar-refractivity contribution in [1.29, 1.82) is 0 Å². The Balaban J connectivity index is 1.46. The van der Waals surface area contributed by atoms with E-state index in [1.807, 2.05) is 35.9 Å². The van der Waals surface area contributed by atoms with E-state index < -0.39 is 0 Å². The number of hydrogen-bond donors (Lipinski definition) is 1. The second-order valence-electron chi connectivity index (χ2n) is 7.50. The van der Waals surface area contributed by atoms with Crippen LogP contribution in [0.15, 0.2) is 24.3 Å². The number of hydrogen-bond acceptors (Lipinski definition) is 2. The standard InChI is InChI=1S/C20H26ClN3O/c1-23-18-12-16(21)8-7-14(18)11-19(23)20(25)22-13-15-5-4-10-24-9-3-2-6-17(15)24/h7-8,11-12,15,17H,2-6,9-10,13H2,1H3,(H,22,25)/t15-,17+/m1/s1. The predicted molar refractivity (Wildman–Crippen MR) is 102 cm³/mol. The molecule has 134 valence electrons. The van der Waals surface area contributed by atoms with Gasteiger partial charge in [0.05, 0.1) is 0 Å². The van der Waals surface area contributed by atoms with E-state index in [0.717, 1.165) is 17.4 Å². The zero-order valence-electron chi connectivity index (χ0n) is 14.8.